The summed E-state index contributed by atoms with van der Waals surface area (Å²) in [6.45, 7) is 13.5. The minimum absolute atomic E-state index is 0.146. The molecule has 1 amide bonds. The van der Waals surface area contributed by atoms with Crippen LogP contribution in [0.3, 0.4) is 0 Å². The van der Waals surface area contributed by atoms with Crippen LogP contribution in [0.1, 0.15) is 48.0 Å². The van der Waals surface area contributed by atoms with Gasteiger partial charge >= 0.3 is 14.9 Å². The van der Waals surface area contributed by atoms with Crippen molar-refractivity contribution in [1.29, 1.82) is 0 Å². The second-order valence-electron chi connectivity index (χ2n) is 5.88. The molecule has 1 saturated heterocycles. The highest BCUT2D eigenvalue weighted by molar-refractivity contribution is 6.63. The molecule has 1 rings (SSSR count). The van der Waals surface area contributed by atoms with Crippen molar-refractivity contribution in [1.82, 2.24) is 4.90 Å². The Kier molecular flexibility index (Phi) is 6.64. The Balaban J connectivity index is 2.85. The Morgan fingerprint density at radius 3 is 1.86 bits per heavy atom. The molecule has 1 aliphatic heterocycles. The molecule has 1 fully saturated rings. The Morgan fingerprint density at radius 1 is 1.10 bits per heavy atom. The fourth-order valence-corrected chi connectivity index (χ4v) is 5.44. The van der Waals surface area contributed by atoms with Crippen molar-refractivity contribution in [3.8, 4) is 0 Å². The summed E-state index contributed by atoms with van der Waals surface area (Å²) in [4.78, 5) is 13.9. The SMILES string of the molecule is CCO[Si](OCC)(OCC)C1CCN1C(=O)OC(C)(C)C. The van der Waals surface area contributed by atoms with Crippen molar-refractivity contribution in [3.05, 3.63) is 0 Å². The third-order valence-corrected chi connectivity index (χ3v) is 6.58. The minimum atomic E-state index is -2.89. The number of amides is 1. The van der Waals surface area contributed by atoms with Crippen LogP contribution < -0.4 is 0 Å². The van der Waals surface area contributed by atoms with Crippen LogP contribution in [0.15, 0.2) is 0 Å². The molecule has 1 unspecified atom stereocenters. The minimum Gasteiger partial charge on any atom is -0.444 e. The van der Waals surface area contributed by atoms with E-state index in [0.717, 1.165) is 6.42 Å². The molecule has 0 spiro atoms. The average Bonchev–Trinajstić information content (AvgIpc) is 2.25. The van der Waals surface area contributed by atoms with E-state index < -0.39 is 14.4 Å². The summed E-state index contributed by atoms with van der Waals surface area (Å²) in [5.74, 6) is 0. The molecule has 0 bridgehead atoms. The van der Waals surface area contributed by atoms with Crippen LogP contribution in [0, 0.1) is 0 Å². The molecule has 6 nitrogen and oxygen atoms in total. The van der Waals surface area contributed by atoms with Gasteiger partial charge in [0.15, 0.2) is 0 Å². The lowest BCUT2D eigenvalue weighted by Crippen LogP contribution is -2.70. The standard InChI is InChI=1S/C14H29NO5Si/c1-7-17-21(18-8-2,19-9-3)12-10-11-15(12)13(16)20-14(4,5)6/h12H,7-11H2,1-6H3. The number of carbonyl (C=O) groups is 1. The van der Waals surface area contributed by atoms with Gasteiger partial charge in [-0.15, -0.1) is 0 Å². The van der Waals surface area contributed by atoms with Crippen molar-refractivity contribution in [2.24, 2.45) is 0 Å². The lowest BCUT2D eigenvalue weighted by atomic mass is 10.2. The molecule has 0 aromatic carbocycles. The van der Waals surface area contributed by atoms with E-state index in [9.17, 15) is 4.79 Å². The van der Waals surface area contributed by atoms with Crippen LogP contribution in [-0.4, -0.2) is 57.4 Å². The average molecular weight is 319 g/mol. The van der Waals surface area contributed by atoms with Crippen LogP contribution in [0.25, 0.3) is 0 Å². The monoisotopic (exact) mass is 319 g/mol. The zero-order valence-corrected chi connectivity index (χ0v) is 15.1. The number of hydrogen-bond acceptors (Lipinski definition) is 5. The Morgan fingerprint density at radius 2 is 1.57 bits per heavy atom. The zero-order valence-electron chi connectivity index (χ0n) is 14.1. The van der Waals surface area contributed by atoms with Crippen LogP contribution in [0.5, 0.6) is 0 Å². The molecule has 124 valence electrons. The number of nitrogens with zero attached hydrogens (tertiary/aromatic N) is 1. The molecule has 0 aromatic rings. The third kappa shape index (κ3) is 4.67. The van der Waals surface area contributed by atoms with Gasteiger partial charge in [0.25, 0.3) is 0 Å². The summed E-state index contributed by atoms with van der Waals surface area (Å²) in [7, 11) is -2.89. The first-order chi connectivity index (χ1) is 9.79. The molecular weight excluding hydrogens is 290 g/mol. The first-order valence-electron chi connectivity index (χ1n) is 7.71. The van der Waals surface area contributed by atoms with Crippen molar-refractivity contribution in [3.63, 3.8) is 0 Å². The van der Waals surface area contributed by atoms with Crippen molar-refractivity contribution < 1.29 is 22.8 Å². The lowest BCUT2D eigenvalue weighted by molar-refractivity contribution is -0.0230. The number of hydrogen-bond donors (Lipinski definition) is 0. The molecule has 0 saturated carbocycles. The van der Waals surface area contributed by atoms with Gasteiger partial charge in [0.2, 0.25) is 0 Å². The molecule has 1 aliphatic rings. The van der Waals surface area contributed by atoms with E-state index in [0.29, 0.717) is 26.4 Å². The van der Waals surface area contributed by atoms with E-state index in [1.807, 2.05) is 41.5 Å². The lowest BCUT2D eigenvalue weighted by Gasteiger charge is -2.47. The molecule has 0 aromatic heterocycles. The van der Waals surface area contributed by atoms with Gasteiger partial charge in [0, 0.05) is 26.4 Å². The normalized spacial score (nSPS) is 19.3. The van der Waals surface area contributed by atoms with E-state index in [-0.39, 0.29) is 11.8 Å². The van der Waals surface area contributed by atoms with Gasteiger partial charge in [-0.3, -0.25) is 0 Å². The molecule has 1 heterocycles. The molecule has 0 N–H and O–H groups in total. The van der Waals surface area contributed by atoms with Crippen LogP contribution in [0.2, 0.25) is 0 Å². The van der Waals surface area contributed by atoms with Crippen molar-refractivity contribution in [2.45, 2.75) is 59.2 Å². The molecule has 7 heteroatoms. The maximum absolute atomic E-state index is 12.3. The predicted octanol–water partition coefficient (Wildman–Crippen LogP) is 2.58. The number of rotatable bonds is 7. The van der Waals surface area contributed by atoms with Crippen LogP contribution >= 0.6 is 0 Å². The van der Waals surface area contributed by atoms with E-state index >= 15 is 0 Å². The van der Waals surface area contributed by atoms with Gasteiger partial charge in [-0.05, 0) is 48.0 Å². The van der Waals surface area contributed by atoms with Gasteiger partial charge < -0.3 is 22.9 Å². The Hall–Kier alpha value is -0.633. The first kappa shape index (κ1) is 18.4. The summed E-state index contributed by atoms with van der Waals surface area (Å²) in [6.07, 6.45) is 0.501. The van der Waals surface area contributed by atoms with Crippen molar-refractivity contribution >= 4 is 14.9 Å². The molecule has 21 heavy (non-hydrogen) atoms. The number of carbonyl (C=O) groups excluding carboxylic acids is 1. The number of likely N-dealkylation sites (tertiary alicyclic amines) is 1. The van der Waals surface area contributed by atoms with Gasteiger partial charge in [-0.2, -0.15) is 0 Å². The Bertz CT molecular complexity index is 328. The summed E-state index contributed by atoms with van der Waals surface area (Å²) in [5, 5.41) is 0. The predicted molar refractivity (Wildman–Crippen MR) is 82.0 cm³/mol. The maximum atomic E-state index is 12.3. The highest BCUT2D eigenvalue weighted by Gasteiger charge is 2.58. The molecular formula is C14H29NO5Si. The third-order valence-electron chi connectivity index (χ3n) is 3.09. The fourth-order valence-electron chi connectivity index (χ4n) is 2.31. The van der Waals surface area contributed by atoms with E-state index in [2.05, 4.69) is 0 Å². The first-order valence-corrected chi connectivity index (χ1v) is 9.51. The molecule has 0 radical (unpaired) electrons. The second kappa shape index (κ2) is 7.58. The van der Waals surface area contributed by atoms with Crippen molar-refractivity contribution in [2.75, 3.05) is 26.4 Å². The van der Waals surface area contributed by atoms with E-state index in [4.69, 9.17) is 18.0 Å². The summed E-state index contributed by atoms with van der Waals surface area (Å²) >= 11 is 0. The fraction of sp³-hybridized carbons (Fsp3) is 0.929. The zero-order chi connectivity index (χ0) is 16.1. The molecule has 0 aliphatic carbocycles. The van der Waals surface area contributed by atoms with Gasteiger partial charge in [-0.1, -0.05) is 0 Å². The number of ether oxygens (including phenoxy) is 1. The van der Waals surface area contributed by atoms with Crippen LogP contribution in [-0.2, 0) is 18.0 Å². The highest BCUT2D eigenvalue weighted by atomic mass is 28.4. The maximum Gasteiger partial charge on any atom is 0.524 e. The van der Waals surface area contributed by atoms with Gasteiger partial charge in [-0.25, -0.2) is 4.79 Å². The largest absolute Gasteiger partial charge is 0.524 e. The van der Waals surface area contributed by atoms with Crippen LogP contribution in [0.4, 0.5) is 4.79 Å². The van der Waals surface area contributed by atoms with E-state index in [1.54, 1.807) is 4.90 Å². The second-order valence-corrected chi connectivity index (χ2v) is 8.62. The van der Waals surface area contributed by atoms with Gasteiger partial charge in [0.05, 0.1) is 0 Å². The molecule has 1 atom stereocenters. The highest BCUT2D eigenvalue weighted by Crippen LogP contribution is 2.31. The summed E-state index contributed by atoms with van der Waals surface area (Å²) < 4.78 is 23.1. The topological polar surface area (TPSA) is 57.2 Å². The van der Waals surface area contributed by atoms with E-state index in [1.165, 1.54) is 0 Å². The smallest absolute Gasteiger partial charge is 0.444 e. The summed E-state index contributed by atoms with van der Waals surface area (Å²) in [5.41, 5.74) is -0.656. The quantitative estimate of drug-likeness (QED) is 0.675. The van der Waals surface area contributed by atoms with Gasteiger partial charge in [0.1, 0.15) is 11.3 Å². The summed E-state index contributed by atoms with van der Waals surface area (Å²) in [6, 6.07) is 0. The Labute approximate surface area is 129 Å².